The molecule has 2 N–H and O–H groups in total. The van der Waals surface area contributed by atoms with Crippen molar-refractivity contribution in [3.05, 3.63) is 35.9 Å². The number of likely N-dealkylation sites (N-methyl/N-ethyl adjacent to an activating group) is 1. The number of piperazine rings is 1. The summed E-state index contributed by atoms with van der Waals surface area (Å²) in [5.74, 6) is 0. The highest BCUT2D eigenvalue weighted by atomic mass is 15.3. The molecule has 0 radical (unpaired) electrons. The SMILES string of the molecule is CC1CN(CC(N)c2ccccc2)CCN1C. The van der Waals surface area contributed by atoms with Gasteiger partial charge < -0.3 is 10.6 Å². The van der Waals surface area contributed by atoms with Gasteiger partial charge >= 0.3 is 0 Å². The minimum atomic E-state index is 0.131. The lowest BCUT2D eigenvalue weighted by Gasteiger charge is -2.38. The van der Waals surface area contributed by atoms with E-state index >= 15 is 0 Å². The van der Waals surface area contributed by atoms with Gasteiger partial charge in [0.2, 0.25) is 0 Å². The molecular weight excluding hydrogens is 210 g/mol. The molecule has 0 saturated carbocycles. The van der Waals surface area contributed by atoms with Gasteiger partial charge in [0.1, 0.15) is 0 Å². The normalized spacial score (nSPS) is 24.8. The van der Waals surface area contributed by atoms with Crippen LogP contribution in [-0.4, -0.2) is 49.1 Å². The molecule has 2 unspecified atom stereocenters. The van der Waals surface area contributed by atoms with E-state index in [-0.39, 0.29) is 6.04 Å². The first-order valence-electron chi connectivity index (χ1n) is 6.40. The Morgan fingerprint density at radius 1 is 1.29 bits per heavy atom. The van der Waals surface area contributed by atoms with Gasteiger partial charge in [-0.3, -0.25) is 4.90 Å². The summed E-state index contributed by atoms with van der Waals surface area (Å²) in [6, 6.07) is 11.1. The average Bonchev–Trinajstić information content (AvgIpc) is 2.35. The first-order valence-corrected chi connectivity index (χ1v) is 6.40. The van der Waals surface area contributed by atoms with Crippen molar-refractivity contribution in [1.82, 2.24) is 9.80 Å². The van der Waals surface area contributed by atoms with E-state index in [4.69, 9.17) is 5.73 Å². The number of rotatable bonds is 3. The second-order valence-electron chi connectivity index (χ2n) is 5.11. The lowest BCUT2D eigenvalue weighted by molar-refractivity contribution is 0.100. The largest absolute Gasteiger partial charge is 0.323 e. The van der Waals surface area contributed by atoms with Gasteiger partial charge in [-0.2, -0.15) is 0 Å². The first kappa shape index (κ1) is 12.6. The molecule has 1 saturated heterocycles. The lowest BCUT2D eigenvalue weighted by Crippen LogP contribution is -2.51. The van der Waals surface area contributed by atoms with E-state index in [2.05, 4.69) is 48.0 Å². The van der Waals surface area contributed by atoms with Crippen LogP contribution in [0.4, 0.5) is 0 Å². The highest BCUT2D eigenvalue weighted by molar-refractivity contribution is 5.18. The molecule has 3 heteroatoms. The van der Waals surface area contributed by atoms with E-state index in [1.165, 1.54) is 5.56 Å². The van der Waals surface area contributed by atoms with Gasteiger partial charge in [0.25, 0.3) is 0 Å². The van der Waals surface area contributed by atoms with Crippen molar-refractivity contribution in [3.8, 4) is 0 Å². The summed E-state index contributed by atoms with van der Waals surface area (Å²) in [5, 5.41) is 0. The molecule has 1 aromatic rings. The fourth-order valence-corrected chi connectivity index (χ4v) is 2.37. The summed E-state index contributed by atoms with van der Waals surface area (Å²) in [6.45, 7) is 6.63. The van der Waals surface area contributed by atoms with Crippen LogP contribution in [-0.2, 0) is 0 Å². The molecule has 1 aromatic carbocycles. The van der Waals surface area contributed by atoms with Gasteiger partial charge in [-0.15, -0.1) is 0 Å². The summed E-state index contributed by atoms with van der Waals surface area (Å²) in [6.07, 6.45) is 0. The third-order valence-electron chi connectivity index (χ3n) is 3.73. The zero-order valence-electron chi connectivity index (χ0n) is 10.8. The Morgan fingerprint density at radius 3 is 2.65 bits per heavy atom. The molecule has 2 rings (SSSR count). The molecule has 1 heterocycles. The van der Waals surface area contributed by atoms with Gasteiger partial charge in [-0.25, -0.2) is 0 Å². The predicted octanol–water partition coefficient (Wildman–Crippen LogP) is 1.32. The number of nitrogens with zero attached hydrogens (tertiary/aromatic N) is 2. The average molecular weight is 233 g/mol. The third kappa shape index (κ3) is 3.28. The Bertz CT molecular complexity index is 339. The summed E-state index contributed by atoms with van der Waals surface area (Å²) in [4.78, 5) is 4.88. The van der Waals surface area contributed by atoms with Crippen molar-refractivity contribution in [2.24, 2.45) is 5.73 Å². The Labute approximate surface area is 104 Å². The third-order valence-corrected chi connectivity index (χ3v) is 3.73. The Balaban J connectivity index is 1.89. The smallest absolute Gasteiger partial charge is 0.0424 e. The molecule has 2 atom stereocenters. The number of hydrogen-bond donors (Lipinski definition) is 1. The Kier molecular flexibility index (Phi) is 4.15. The molecule has 1 aliphatic heterocycles. The van der Waals surface area contributed by atoms with Crippen molar-refractivity contribution in [3.63, 3.8) is 0 Å². The van der Waals surface area contributed by atoms with Crippen LogP contribution in [0.1, 0.15) is 18.5 Å². The van der Waals surface area contributed by atoms with E-state index < -0.39 is 0 Å². The van der Waals surface area contributed by atoms with Crippen LogP contribution in [0.2, 0.25) is 0 Å². The quantitative estimate of drug-likeness (QED) is 0.854. The van der Waals surface area contributed by atoms with Crippen molar-refractivity contribution < 1.29 is 0 Å². The zero-order chi connectivity index (χ0) is 12.3. The Morgan fingerprint density at radius 2 is 2.00 bits per heavy atom. The minimum Gasteiger partial charge on any atom is -0.323 e. The molecule has 1 aliphatic rings. The van der Waals surface area contributed by atoms with E-state index in [0.29, 0.717) is 6.04 Å². The van der Waals surface area contributed by atoms with Crippen LogP contribution in [0, 0.1) is 0 Å². The molecule has 0 amide bonds. The van der Waals surface area contributed by atoms with Crippen molar-refractivity contribution >= 4 is 0 Å². The summed E-state index contributed by atoms with van der Waals surface area (Å²) >= 11 is 0. The topological polar surface area (TPSA) is 32.5 Å². The Hall–Kier alpha value is -0.900. The number of benzene rings is 1. The second kappa shape index (κ2) is 5.63. The van der Waals surface area contributed by atoms with Crippen LogP contribution in [0.25, 0.3) is 0 Å². The van der Waals surface area contributed by atoms with E-state index in [0.717, 1.165) is 26.2 Å². The molecule has 0 aromatic heterocycles. The molecule has 0 spiro atoms. The van der Waals surface area contributed by atoms with Crippen LogP contribution in [0.5, 0.6) is 0 Å². The molecule has 94 valence electrons. The minimum absolute atomic E-state index is 0.131. The van der Waals surface area contributed by atoms with Crippen LogP contribution in [0.3, 0.4) is 0 Å². The maximum absolute atomic E-state index is 6.25. The van der Waals surface area contributed by atoms with E-state index in [1.807, 2.05) is 6.07 Å². The molecule has 0 aliphatic carbocycles. The standard InChI is InChI=1S/C14H23N3/c1-12-10-17(9-8-16(12)2)11-14(15)13-6-4-3-5-7-13/h3-7,12,14H,8-11,15H2,1-2H3. The summed E-state index contributed by atoms with van der Waals surface area (Å²) in [7, 11) is 2.19. The maximum atomic E-state index is 6.25. The maximum Gasteiger partial charge on any atom is 0.0424 e. The number of nitrogens with two attached hydrogens (primary N) is 1. The van der Waals surface area contributed by atoms with Gasteiger partial charge in [-0.05, 0) is 19.5 Å². The van der Waals surface area contributed by atoms with Gasteiger partial charge in [0.15, 0.2) is 0 Å². The fourth-order valence-electron chi connectivity index (χ4n) is 2.37. The first-order chi connectivity index (χ1) is 8.16. The van der Waals surface area contributed by atoms with Crippen molar-refractivity contribution in [2.75, 3.05) is 33.2 Å². The highest BCUT2D eigenvalue weighted by Crippen LogP contribution is 2.14. The second-order valence-corrected chi connectivity index (χ2v) is 5.11. The lowest BCUT2D eigenvalue weighted by atomic mass is 10.1. The fraction of sp³-hybridized carbons (Fsp3) is 0.571. The summed E-state index contributed by atoms with van der Waals surface area (Å²) in [5.41, 5.74) is 7.49. The van der Waals surface area contributed by atoms with E-state index in [1.54, 1.807) is 0 Å². The van der Waals surface area contributed by atoms with Crippen molar-refractivity contribution in [2.45, 2.75) is 19.0 Å². The van der Waals surface area contributed by atoms with Crippen LogP contribution >= 0.6 is 0 Å². The van der Waals surface area contributed by atoms with E-state index in [9.17, 15) is 0 Å². The molecule has 17 heavy (non-hydrogen) atoms. The molecule has 3 nitrogen and oxygen atoms in total. The van der Waals surface area contributed by atoms with Gasteiger partial charge in [-0.1, -0.05) is 30.3 Å². The zero-order valence-corrected chi connectivity index (χ0v) is 10.8. The molecule has 1 fully saturated rings. The molecular formula is C14H23N3. The number of hydrogen-bond acceptors (Lipinski definition) is 3. The van der Waals surface area contributed by atoms with Crippen LogP contribution < -0.4 is 5.73 Å². The highest BCUT2D eigenvalue weighted by Gasteiger charge is 2.22. The molecule has 0 bridgehead atoms. The predicted molar refractivity (Wildman–Crippen MR) is 71.9 cm³/mol. The van der Waals surface area contributed by atoms with Gasteiger partial charge in [0.05, 0.1) is 0 Å². The summed E-state index contributed by atoms with van der Waals surface area (Å²) < 4.78 is 0. The van der Waals surface area contributed by atoms with Crippen LogP contribution in [0.15, 0.2) is 30.3 Å². The monoisotopic (exact) mass is 233 g/mol. The van der Waals surface area contributed by atoms with Crippen molar-refractivity contribution in [1.29, 1.82) is 0 Å². The van der Waals surface area contributed by atoms with Gasteiger partial charge in [0, 0.05) is 38.3 Å².